The lowest BCUT2D eigenvalue weighted by molar-refractivity contribution is 0.0944. The van der Waals surface area contributed by atoms with E-state index in [1.54, 1.807) is 13.8 Å². The van der Waals surface area contributed by atoms with Gasteiger partial charge in [-0.2, -0.15) is 0 Å². The molecule has 2 aromatic heterocycles. The van der Waals surface area contributed by atoms with E-state index in [-0.39, 0.29) is 0 Å². The van der Waals surface area contributed by atoms with Crippen LogP contribution in [0.4, 0.5) is 23.1 Å². The Hall–Kier alpha value is -2.38. The van der Waals surface area contributed by atoms with Crippen molar-refractivity contribution in [2.45, 2.75) is 38.2 Å². The van der Waals surface area contributed by atoms with E-state index in [2.05, 4.69) is 43.0 Å². The molecule has 2 aromatic rings. The van der Waals surface area contributed by atoms with Crippen LogP contribution in [-0.4, -0.2) is 53.4 Å². The highest BCUT2D eigenvalue weighted by molar-refractivity contribution is 5.65. The summed E-state index contributed by atoms with van der Waals surface area (Å²) >= 11 is 0. The van der Waals surface area contributed by atoms with Crippen molar-refractivity contribution in [3.8, 4) is 0 Å². The zero-order valence-corrected chi connectivity index (χ0v) is 16.7. The summed E-state index contributed by atoms with van der Waals surface area (Å²) in [6, 6.07) is 8.29. The van der Waals surface area contributed by atoms with Crippen LogP contribution in [0.5, 0.6) is 0 Å². The van der Waals surface area contributed by atoms with Crippen molar-refractivity contribution in [1.82, 2.24) is 15.3 Å². The first-order valence-corrected chi connectivity index (χ1v) is 10.1. The number of nitrogens with one attached hydrogen (secondary N) is 3. The fourth-order valence-electron chi connectivity index (χ4n) is 3.35. The van der Waals surface area contributed by atoms with E-state index < -0.39 is 5.60 Å². The average molecular weight is 383 g/mol. The molecule has 2 aliphatic rings. The Morgan fingerprint density at radius 3 is 2.54 bits per heavy atom. The number of rotatable bonds is 7. The maximum Gasteiger partial charge on any atom is 0.135 e. The van der Waals surface area contributed by atoms with Gasteiger partial charge in [0.25, 0.3) is 0 Å². The molecule has 150 valence electrons. The minimum Gasteiger partial charge on any atom is -0.389 e. The normalized spacial score (nSPS) is 17.5. The predicted octanol–water partition coefficient (Wildman–Crippen LogP) is 2.69. The summed E-state index contributed by atoms with van der Waals surface area (Å²) in [4.78, 5) is 11.6. The van der Waals surface area contributed by atoms with Gasteiger partial charge in [-0.15, -0.1) is 0 Å². The van der Waals surface area contributed by atoms with E-state index in [0.29, 0.717) is 12.5 Å². The molecule has 3 heterocycles. The van der Waals surface area contributed by atoms with Crippen molar-refractivity contribution in [2.75, 3.05) is 48.3 Å². The molecule has 0 amide bonds. The fourth-order valence-corrected chi connectivity index (χ4v) is 3.35. The van der Waals surface area contributed by atoms with Gasteiger partial charge in [-0.25, -0.2) is 9.97 Å². The van der Waals surface area contributed by atoms with Crippen LogP contribution in [0.25, 0.3) is 0 Å². The summed E-state index contributed by atoms with van der Waals surface area (Å²) < 4.78 is 0. The van der Waals surface area contributed by atoms with Crippen LogP contribution in [0.3, 0.4) is 0 Å². The lowest BCUT2D eigenvalue weighted by Crippen LogP contribution is -2.43. The molecule has 0 spiro atoms. The lowest BCUT2D eigenvalue weighted by atomic mass is 10.1. The molecule has 0 radical (unpaired) electrons. The van der Waals surface area contributed by atoms with Crippen LogP contribution in [0, 0.1) is 0 Å². The lowest BCUT2D eigenvalue weighted by Gasteiger charge is -2.30. The van der Waals surface area contributed by atoms with Gasteiger partial charge >= 0.3 is 0 Å². The molecule has 7 heteroatoms. The second-order valence-electron chi connectivity index (χ2n) is 8.37. The van der Waals surface area contributed by atoms with Crippen LogP contribution in [-0.2, 0) is 0 Å². The number of hydrogen-bond acceptors (Lipinski definition) is 7. The van der Waals surface area contributed by atoms with Crippen LogP contribution in [0.2, 0.25) is 0 Å². The molecule has 28 heavy (non-hydrogen) atoms. The number of nitrogens with zero attached hydrogens (tertiary/aromatic N) is 3. The number of aromatic nitrogens is 2. The molecule has 4 rings (SSSR count). The van der Waals surface area contributed by atoms with E-state index in [0.717, 1.165) is 49.3 Å². The summed E-state index contributed by atoms with van der Waals surface area (Å²) in [6.45, 7) is 7.86. The molecule has 1 saturated carbocycles. The van der Waals surface area contributed by atoms with Gasteiger partial charge in [-0.1, -0.05) is 6.07 Å². The summed E-state index contributed by atoms with van der Waals surface area (Å²) in [6.07, 6.45) is 4.52. The SMILES string of the molecule is CC(C)(O)CNc1cc(N2CCNCC2)cc(Nc2ccc(C3CC3)cn2)n1. The van der Waals surface area contributed by atoms with E-state index in [1.165, 1.54) is 18.4 Å². The zero-order chi connectivity index (χ0) is 19.6. The summed E-state index contributed by atoms with van der Waals surface area (Å²) in [5.74, 6) is 2.99. The third-order valence-corrected chi connectivity index (χ3v) is 5.09. The second-order valence-corrected chi connectivity index (χ2v) is 8.37. The largest absolute Gasteiger partial charge is 0.389 e. The van der Waals surface area contributed by atoms with Crippen molar-refractivity contribution in [3.63, 3.8) is 0 Å². The topological polar surface area (TPSA) is 85.3 Å². The van der Waals surface area contributed by atoms with Gasteiger partial charge in [0.15, 0.2) is 0 Å². The Morgan fingerprint density at radius 2 is 1.89 bits per heavy atom. The molecule has 1 aliphatic carbocycles. The highest BCUT2D eigenvalue weighted by atomic mass is 16.3. The van der Waals surface area contributed by atoms with Gasteiger partial charge < -0.3 is 26.0 Å². The molecule has 0 aromatic carbocycles. The van der Waals surface area contributed by atoms with Crippen molar-refractivity contribution in [2.24, 2.45) is 0 Å². The van der Waals surface area contributed by atoms with E-state index >= 15 is 0 Å². The highest BCUT2D eigenvalue weighted by Crippen LogP contribution is 2.39. The molecule has 4 N–H and O–H groups in total. The molecule has 0 unspecified atom stereocenters. The van der Waals surface area contributed by atoms with Gasteiger partial charge in [0, 0.05) is 56.7 Å². The van der Waals surface area contributed by atoms with Crippen LogP contribution < -0.4 is 20.9 Å². The zero-order valence-electron chi connectivity index (χ0n) is 16.7. The number of piperazine rings is 1. The number of aliphatic hydroxyl groups is 1. The van der Waals surface area contributed by atoms with Crippen molar-refractivity contribution >= 4 is 23.1 Å². The number of pyridine rings is 2. The first-order chi connectivity index (χ1) is 13.5. The molecular formula is C21H30N6O. The predicted molar refractivity (Wildman–Crippen MR) is 114 cm³/mol. The van der Waals surface area contributed by atoms with Crippen molar-refractivity contribution in [3.05, 3.63) is 36.0 Å². The average Bonchev–Trinajstić information content (AvgIpc) is 3.52. The maximum absolute atomic E-state index is 10.0. The van der Waals surface area contributed by atoms with Gasteiger partial charge in [-0.05, 0) is 44.2 Å². The first-order valence-electron chi connectivity index (χ1n) is 10.1. The first kappa shape index (κ1) is 19.0. The Labute approximate surface area is 166 Å². The van der Waals surface area contributed by atoms with Gasteiger partial charge in [0.05, 0.1) is 5.60 Å². The molecule has 2 fully saturated rings. The monoisotopic (exact) mass is 382 g/mol. The summed E-state index contributed by atoms with van der Waals surface area (Å²) in [5, 5.41) is 20.0. The fraction of sp³-hybridized carbons (Fsp3) is 0.524. The minimum absolute atomic E-state index is 0.429. The Kier molecular flexibility index (Phi) is 5.37. The molecular weight excluding hydrogens is 352 g/mol. The molecule has 1 aliphatic heterocycles. The van der Waals surface area contributed by atoms with Crippen molar-refractivity contribution < 1.29 is 5.11 Å². The molecule has 0 atom stereocenters. The second kappa shape index (κ2) is 7.93. The van der Waals surface area contributed by atoms with Gasteiger partial charge in [0.2, 0.25) is 0 Å². The van der Waals surface area contributed by atoms with Crippen LogP contribution in [0.1, 0.15) is 38.2 Å². The number of hydrogen-bond donors (Lipinski definition) is 4. The Balaban J connectivity index is 1.54. The molecule has 1 saturated heterocycles. The van der Waals surface area contributed by atoms with E-state index in [4.69, 9.17) is 0 Å². The summed E-state index contributed by atoms with van der Waals surface area (Å²) in [7, 11) is 0. The third kappa shape index (κ3) is 5.11. The highest BCUT2D eigenvalue weighted by Gasteiger charge is 2.23. The van der Waals surface area contributed by atoms with Crippen LogP contribution in [0.15, 0.2) is 30.5 Å². The smallest absolute Gasteiger partial charge is 0.135 e. The molecule has 7 nitrogen and oxygen atoms in total. The quantitative estimate of drug-likeness (QED) is 0.586. The van der Waals surface area contributed by atoms with Crippen LogP contribution >= 0.6 is 0 Å². The van der Waals surface area contributed by atoms with Crippen molar-refractivity contribution in [1.29, 1.82) is 0 Å². The van der Waals surface area contributed by atoms with E-state index in [9.17, 15) is 5.11 Å². The van der Waals surface area contributed by atoms with Gasteiger partial charge in [-0.3, -0.25) is 0 Å². The standard InChI is InChI=1S/C21H30N6O/c1-21(2,28)14-24-19-11-17(27-9-7-22-8-10-27)12-20(26-19)25-18-6-5-16(13-23-18)15-3-4-15/h5-6,11-13,15,22,28H,3-4,7-10,14H2,1-2H3,(H2,23,24,25,26). The maximum atomic E-state index is 10.0. The third-order valence-electron chi connectivity index (χ3n) is 5.09. The summed E-state index contributed by atoms with van der Waals surface area (Å²) in [5.41, 5.74) is 1.63. The Morgan fingerprint density at radius 1 is 1.14 bits per heavy atom. The van der Waals surface area contributed by atoms with E-state index in [1.807, 2.05) is 18.3 Å². The van der Waals surface area contributed by atoms with Gasteiger partial charge in [0.1, 0.15) is 17.5 Å². The minimum atomic E-state index is -0.805. The Bertz CT molecular complexity index is 792. The number of anilines is 4. The molecule has 0 bridgehead atoms.